The molecule has 0 bridgehead atoms. The summed E-state index contributed by atoms with van der Waals surface area (Å²) in [5.74, 6) is -0.619. The Kier molecular flexibility index (Phi) is 4.73. The fourth-order valence-electron chi connectivity index (χ4n) is 1.97. The summed E-state index contributed by atoms with van der Waals surface area (Å²) in [6.07, 6.45) is 2.11. The highest BCUT2D eigenvalue weighted by Crippen LogP contribution is 2.20. The Balaban J connectivity index is 2.34. The molecule has 3 N–H and O–H groups in total. The number of likely N-dealkylation sites (tertiary alicyclic amines) is 1. The number of carboxylic acids is 1. The highest BCUT2D eigenvalue weighted by molar-refractivity contribution is 5.77. The van der Waals surface area contributed by atoms with Gasteiger partial charge in [0.15, 0.2) is 0 Å². The van der Waals surface area contributed by atoms with Crippen molar-refractivity contribution in [2.45, 2.75) is 38.6 Å². The lowest BCUT2D eigenvalue weighted by atomic mass is 10.1. The second-order valence-electron chi connectivity index (χ2n) is 4.46. The van der Waals surface area contributed by atoms with E-state index in [1.54, 1.807) is 4.90 Å². The minimum Gasteiger partial charge on any atom is -0.481 e. The molecule has 92 valence electrons. The monoisotopic (exact) mass is 228 g/mol. The highest BCUT2D eigenvalue weighted by atomic mass is 16.4. The van der Waals surface area contributed by atoms with Crippen molar-refractivity contribution in [3.8, 4) is 0 Å². The van der Waals surface area contributed by atoms with Crippen molar-refractivity contribution in [3.05, 3.63) is 0 Å². The number of amides is 1. The standard InChI is InChI=1S/C11H20N2O3/c1-2-9(12)6-10(14)13-4-3-8(7-13)5-11(15)16/h8-9H,2-7,12H2,1H3,(H,15,16). The van der Waals surface area contributed by atoms with E-state index < -0.39 is 5.97 Å². The van der Waals surface area contributed by atoms with Gasteiger partial charge in [-0.15, -0.1) is 0 Å². The van der Waals surface area contributed by atoms with Gasteiger partial charge in [-0.05, 0) is 18.8 Å². The van der Waals surface area contributed by atoms with E-state index in [1.807, 2.05) is 6.92 Å². The van der Waals surface area contributed by atoms with E-state index in [0.29, 0.717) is 19.5 Å². The Bertz CT molecular complexity index is 268. The Labute approximate surface area is 95.6 Å². The van der Waals surface area contributed by atoms with Crippen LogP contribution in [-0.4, -0.2) is 41.0 Å². The highest BCUT2D eigenvalue weighted by Gasteiger charge is 2.27. The molecule has 2 unspecified atom stereocenters. The van der Waals surface area contributed by atoms with E-state index in [9.17, 15) is 9.59 Å². The third kappa shape index (κ3) is 3.81. The molecule has 0 radical (unpaired) electrons. The van der Waals surface area contributed by atoms with Gasteiger partial charge in [0.25, 0.3) is 0 Å². The summed E-state index contributed by atoms with van der Waals surface area (Å²) in [5.41, 5.74) is 5.72. The number of carboxylic acid groups (broad SMARTS) is 1. The number of rotatable bonds is 5. The van der Waals surface area contributed by atoms with Crippen LogP contribution in [-0.2, 0) is 9.59 Å². The topological polar surface area (TPSA) is 83.6 Å². The molecular formula is C11H20N2O3. The van der Waals surface area contributed by atoms with Crippen LogP contribution in [0.3, 0.4) is 0 Å². The van der Waals surface area contributed by atoms with E-state index >= 15 is 0 Å². The summed E-state index contributed by atoms with van der Waals surface area (Å²) >= 11 is 0. The largest absolute Gasteiger partial charge is 0.481 e. The van der Waals surface area contributed by atoms with Gasteiger partial charge in [-0.2, -0.15) is 0 Å². The first-order valence-electron chi connectivity index (χ1n) is 5.78. The maximum atomic E-state index is 11.7. The molecular weight excluding hydrogens is 208 g/mol. The lowest BCUT2D eigenvalue weighted by Crippen LogP contribution is -2.34. The SMILES string of the molecule is CCC(N)CC(=O)N1CCC(CC(=O)O)C1. The van der Waals surface area contributed by atoms with Crippen LogP contribution in [0.25, 0.3) is 0 Å². The van der Waals surface area contributed by atoms with Crippen LogP contribution in [0.4, 0.5) is 0 Å². The van der Waals surface area contributed by atoms with Crippen molar-refractivity contribution in [1.29, 1.82) is 0 Å². The van der Waals surface area contributed by atoms with Gasteiger partial charge in [0.2, 0.25) is 5.91 Å². The van der Waals surface area contributed by atoms with Crippen LogP contribution in [0.1, 0.15) is 32.6 Å². The van der Waals surface area contributed by atoms with Crippen molar-refractivity contribution >= 4 is 11.9 Å². The first-order valence-corrected chi connectivity index (χ1v) is 5.78. The molecule has 1 aliphatic rings. The van der Waals surface area contributed by atoms with Crippen molar-refractivity contribution in [2.24, 2.45) is 11.7 Å². The number of carbonyl (C=O) groups excluding carboxylic acids is 1. The van der Waals surface area contributed by atoms with E-state index in [2.05, 4.69) is 0 Å². The van der Waals surface area contributed by atoms with Gasteiger partial charge in [0, 0.05) is 32.0 Å². The van der Waals surface area contributed by atoms with Gasteiger partial charge < -0.3 is 15.7 Å². The molecule has 0 aliphatic carbocycles. The zero-order valence-electron chi connectivity index (χ0n) is 9.69. The van der Waals surface area contributed by atoms with E-state index in [0.717, 1.165) is 12.8 Å². The number of carbonyl (C=O) groups is 2. The fraction of sp³-hybridized carbons (Fsp3) is 0.818. The Morgan fingerprint density at radius 3 is 2.81 bits per heavy atom. The minimum absolute atomic E-state index is 0.0576. The Hall–Kier alpha value is -1.10. The van der Waals surface area contributed by atoms with Crippen LogP contribution in [0.5, 0.6) is 0 Å². The number of nitrogens with two attached hydrogens (primary N) is 1. The zero-order chi connectivity index (χ0) is 12.1. The molecule has 0 aromatic heterocycles. The molecule has 0 spiro atoms. The van der Waals surface area contributed by atoms with E-state index in [4.69, 9.17) is 10.8 Å². The minimum atomic E-state index is -0.787. The maximum Gasteiger partial charge on any atom is 0.303 e. The molecule has 0 aromatic carbocycles. The molecule has 1 fully saturated rings. The third-order valence-corrected chi connectivity index (χ3v) is 3.06. The van der Waals surface area contributed by atoms with Crippen molar-refractivity contribution in [3.63, 3.8) is 0 Å². The first kappa shape index (κ1) is 13.0. The van der Waals surface area contributed by atoms with Gasteiger partial charge in [-0.3, -0.25) is 9.59 Å². The lowest BCUT2D eigenvalue weighted by molar-refractivity contribution is -0.138. The van der Waals surface area contributed by atoms with Crippen LogP contribution in [0.15, 0.2) is 0 Å². The van der Waals surface area contributed by atoms with Crippen molar-refractivity contribution in [2.75, 3.05) is 13.1 Å². The normalized spacial score (nSPS) is 22.1. The number of aliphatic carboxylic acids is 1. The summed E-state index contributed by atoms with van der Waals surface area (Å²) in [5, 5.41) is 8.66. The molecule has 1 heterocycles. The molecule has 5 heteroatoms. The average Bonchev–Trinajstić information content (AvgIpc) is 2.65. The molecule has 16 heavy (non-hydrogen) atoms. The maximum absolute atomic E-state index is 11.7. The summed E-state index contributed by atoms with van der Waals surface area (Å²) in [6.45, 7) is 3.20. The van der Waals surface area contributed by atoms with Crippen molar-refractivity contribution < 1.29 is 14.7 Å². The van der Waals surface area contributed by atoms with Crippen LogP contribution in [0.2, 0.25) is 0 Å². The third-order valence-electron chi connectivity index (χ3n) is 3.06. The number of hydrogen-bond donors (Lipinski definition) is 2. The number of nitrogens with zero attached hydrogens (tertiary/aromatic N) is 1. The Morgan fingerprint density at radius 2 is 2.25 bits per heavy atom. The van der Waals surface area contributed by atoms with Gasteiger partial charge in [-0.1, -0.05) is 6.92 Å². The van der Waals surface area contributed by atoms with Crippen LogP contribution < -0.4 is 5.73 Å². The molecule has 0 aromatic rings. The molecule has 5 nitrogen and oxygen atoms in total. The van der Waals surface area contributed by atoms with E-state index in [-0.39, 0.29) is 24.3 Å². The predicted octanol–water partition coefficient (Wildman–Crippen LogP) is 0.437. The van der Waals surface area contributed by atoms with Gasteiger partial charge in [0.05, 0.1) is 0 Å². The molecule has 0 saturated carbocycles. The summed E-state index contributed by atoms with van der Waals surface area (Å²) in [7, 11) is 0. The summed E-state index contributed by atoms with van der Waals surface area (Å²) < 4.78 is 0. The first-order chi connectivity index (χ1) is 7.52. The average molecular weight is 228 g/mol. The summed E-state index contributed by atoms with van der Waals surface area (Å²) in [4.78, 5) is 24.0. The quantitative estimate of drug-likeness (QED) is 0.715. The molecule has 2 atom stereocenters. The van der Waals surface area contributed by atoms with Crippen molar-refractivity contribution in [1.82, 2.24) is 4.90 Å². The zero-order valence-corrected chi connectivity index (χ0v) is 9.69. The molecule has 1 rings (SSSR count). The van der Waals surface area contributed by atoms with Crippen LogP contribution >= 0.6 is 0 Å². The lowest BCUT2D eigenvalue weighted by Gasteiger charge is -2.18. The van der Waals surface area contributed by atoms with Gasteiger partial charge in [-0.25, -0.2) is 0 Å². The molecule has 1 amide bonds. The van der Waals surface area contributed by atoms with Crippen LogP contribution in [0, 0.1) is 5.92 Å². The second-order valence-corrected chi connectivity index (χ2v) is 4.46. The van der Waals surface area contributed by atoms with Gasteiger partial charge in [0.1, 0.15) is 0 Å². The molecule has 1 saturated heterocycles. The number of hydrogen-bond acceptors (Lipinski definition) is 3. The summed E-state index contributed by atoms with van der Waals surface area (Å²) in [6, 6.07) is -0.0778. The van der Waals surface area contributed by atoms with Gasteiger partial charge >= 0.3 is 5.97 Å². The smallest absolute Gasteiger partial charge is 0.303 e. The van der Waals surface area contributed by atoms with E-state index in [1.165, 1.54) is 0 Å². The second kappa shape index (κ2) is 5.84. The molecule has 1 aliphatic heterocycles. The fourth-order valence-corrected chi connectivity index (χ4v) is 1.97. The Morgan fingerprint density at radius 1 is 1.56 bits per heavy atom. The predicted molar refractivity (Wildman–Crippen MR) is 59.8 cm³/mol.